The number of benzene rings is 1. The zero-order valence-electron chi connectivity index (χ0n) is 13.6. The van der Waals surface area contributed by atoms with Crippen molar-refractivity contribution in [3.05, 3.63) is 35.4 Å². The fourth-order valence-electron chi connectivity index (χ4n) is 3.12. The number of nitrogens with one attached hydrogen (secondary N) is 1. The van der Waals surface area contributed by atoms with Crippen LogP contribution in [0.3, 0.4) is 0 Å². The van der Waals surface area contributed by atoms with Gasteiger partial charge in [-0.15, -0.1) is 0 Å². The first kappa shape index (κ1) is 18.3. The van der Waals surface area contributed by atoms with Crippen LogP contribution in [-0.4, -0.2) is 42.4 Å². The van der Waals surface area contributed by atoms with Crippen LogP contribution in [0.5, 0.6) is 0 Å². The second-order valence-corrected chi connectivity index (χ2v) is 6.11. The first-order valence-corrected chi connectivity index (χ1v) is 8.19. The first-order valence-electron chi connectivity index (χ1n) is 8.19. The van der Waals surface area contributed by atoms with E-state index in [1.54, 1.807) is 4.90 Å². The van der Waals surface area contributed by atoms with Gasteiger partial charge in [0.1, 0.15) is 11.6 Å². The lowest BCUT2D eigenvalue weighted by atomic mass is 10.1. The molecule has 1 fully saturated rings. The number of primary amides is 1. The molecule has 0 aliphatic heterocycles. The van der Waals surface area contributed by atoms with Gasteiger partial charge < -0.3 is 11.1 Å². The van der Waals surface area contributed by atoms with Crippen molar-refractivity contribution in [1.82, 2.24) is 10.2 Å². The fourth-order valence-corrected chi connectivity index (χ4v) is 3.12. The number of rotatable bonds is 8. The molecule has 0 saturated heterocycles. The Labute approximate surface area is 140 Å². The summed E-state index contributed by atoms with van der Waals surface area (Å²) in [6.45, 7) is 0.235. The molecule has 3 N–H and O–H groups in total. The Balaban J connectivity index is 1.83. The summed E-state index contributed by atoms with van der Waals surface area (Å²) in [5.74, 6) is -1.99. The van der Waals surface area contributed by atoms with Gasteiger partial charge in [0.15, 0.2) is 0 Å². The number of carbonyl (C=O) groups is 2. The Kier molecular flexibility index (Phi) is 6.66. The molecule has 0 aromatic heterocycles. The Hall–Kier alpha value is -2.02. The van der Waals surface area contributed by atoms with Crippen LogP contribution in [0.2, 0.25) is 0 Å². The highest BCUT2D eigenvalue weighted by molar-refractivity contribution is 5.80. The number of halogens is 2. The zero-order chi connectivity index (χ0) is 17.5. The summed E-state index contributed by atoms with van der Waals surface area (Å²) in [6, 6.07) is 3.87. The molecule has 2 rings (SSSR count). The molecule has 0 atom stereocenters. The van der Waals surface area contributed by atoms with Crippen LogP contribution in [0, 0.1) is 11.6 Å². The second kappa shape index (κ2) is 8.73. The van der Waals surface area contributed by atoms with Crippen molar-refractivity contribution in [2.24, 2.45) is 5.73 Å². The van der Waals surface area contributed by atoms with Gasteiger partial charge in [-0.05, 0) is 31.4 Å². The summed E-state index contributed by atoms with van der Waals surface area (Å²) in [6.07, 6.45) is 4.12. The molecule has 0 radical (unpaired) electrons. The van der Waals surface area contributed by atoms with E-state index in [-0.39, 0.29) is 43.6 Å². The molecule has 2 amide bonds. The second-order valence-electron chi connectivity index (χ2n) is 6.11. The molecule has 24 heavy (non-hydrogen) atoms. The van der Waals surface area contributed by atoms with Gasteiger partial charge in [-0.25, -0.2) is 8.78 Å². The van der Waals surface area contributed by atoms with Crippen LogP contribution in [0.1, 0.15) is 31.2 Å². The fraction of sp³-hybridized carbons (Fsp3) is 0.529. The van der Waals surface area contributed by atoms with Crippen molar-refractivity contribution in [3.8, 4) is 0 Å². The van der Waals surface area contributed by atoms with Gasteiger partial charge in [0.05, 0.1) is 13.1 Å². The van der Waals surface area contributed by atoms with E-state index in [0.29, 0.717) is 0 Å². The smallest absolute Gasteiger partial charge is 0.234 e. The van der Waals surface area contributed by atoms with Crippen LogP contribution in [0.4, 0.5) is 8.78 Å². The van der Waals surface area contributed by atoms with Crippen molar-refractivity contribution >= 4 is 11.8 Å². The van der Waals surface area contributed by atoms with Crippen molar-refractivity contribution in [2.45, 2.75) is 38.1 Å². The molecule has 5 nitrogen and oxygen atoms in total. The van der Waals surface area contributed by atoms with Crippen LogP contribution in [0.25, 0.3) is 0 Å². The maximum absolute atomic E-state index is 13.5. The predicted octanol–water partition coefficient (Wildman–Crippen LogP) is 1.35. The van der Waals surface area contributed by atoms with E-state index < -0.39 is 17.5 Å². The van der Waals surface area contributed by atoms with Gasteiger partial charge >= 0.3 is 0 Å². The van der Waals surface area contributed by atoms with Crippen LogP contribution < -0.4 is 11.1 Å². The minimum absolute atomic E-state index is 0.0393. The molecule has 0 spiro atoms. The quantitative estimate of drug-likeness (QED) is 0.751. The normalized spacial score (nSPS) is 15.0. The Morgan fingerprint density at radius 1 is 1.17 bits per heavy atom. The maximum atomic E-state index is 13.5. The van der Waals surface area contributed by atoms with Gasteiger partial charge in [0, 0.05) is 18.2 Å². The molecule has 0 unspecified atom stereocenters. The monoisotopic (exact) mass is 339 g/mol. The summed E-state index contributed by atoms with van der Waals surface area (Å²) in [5.41, 5.74) is 5.21. The lowest BCUT2D eigenvalue weighted by Gasteiger charge is -2.26. The SMILES string of the molecule is NC(=O)CN(CC(=O)NCCc1c(F)cccc1F)C1CCCC1. The average molecular weight is 339 g/mol. The van der Waals surface area contributed by atoms with E-state index in [4.69, 9.17) is 5.73 Å². The molecule has 1 aromatic rings. The third-order valence-corrected chi connectivity index (χ3v) is 4.31. The van der Waals surface area contributed by atoms with E-state index in [1.165, 1.54) is 18.2 Å². The molecule has 7 heteroatoms. The summed E-state index contributed by atoms with van der Waals surface area (Å²) < 4.78 is 27.0. The number of hydrogen-bond acceptors (Lipinski definition) is 3. The molecule has 0 bridgehead atoms. The molecule has 0 heterocycles. The lowest BCUT2D eigenvalue weighted by molar-refractivity contribution is -0.124. The largest absolute Gasteiger partial charge is 0.369 e. The minimum Gasteiger partial charge on any atom is -0.369 e. The number of carbonyl (C=O) groups excluding carboxylic acids is 2. The van der Waals surface area contributed by atoms with E-state index in [1.807, 2.05) is 0 Å². The van der Waals surface area contributed by atoms with Crippen LogP contribution in [-0.2, 0) is 16.0 Å². The van der Waals surface area contributed by atoms with Gasteiger partial charge in [0.25, 0.3) is 0 Å². The van der Waals surface area contributed by atoms with Gasteiger partial charge in [-0.1, -0.05) is 18.9 Å². The maximum Gasteiger partial charge on any atom is 0.234 e. The Morgan fingerprint density at radius 2 is 1.79 bits per heavy atom. The van der Waals surface area contributed by atoms with Crippen LogP contribution >= 0.6 is 0 Å². The summed E-state index contributed by atoms with van der Waals surface area (Å²) in [7, 11) is 0. The molecule has 132 valence electrons. The Bertz CT molecular complexity index is 569. The summed E-state index contributed by atoms with van der Waals surface area (Å²) in [5, 5.41) is 2.65. The van der Waals surface area contributed by atoms with Crippen molar-refractivity contribution < 1.29 is 18.4 Å². The molecular formula is C17H23F2N3O2. The molecule has 1 aliphatic carbocycles. The van der Waals surface area contributed by atoms with E-state index in [0.717, 1.165) is 25.7 Å². The van der Waals surface area contributed by atoms with Crippen molar-refractivity contribution in [1.29, 1.82) is 0 Å². The third-order valence-electron chi connectivity index (χ3n) is 4.31. The number of nitrogens with zero attached hydrogens (tertiary/aromatic N) is 1. The van der Waals surface area contributed by atoms with Crippen molar-refractivity contribution in [3.63, 3.8) is 0 Å². The van der Waals surface area contributed by atoms with Gasteiger partial charge in [0.2, 0.25) is 11.8 Å². The molecule has 1 aliphatic rings. The number of nitrogens with two attached hydrogens (primary N) is 1. The van der Waals surface area contributed by atoms with E-state index in [2.05, 4.69) is 5.32 Å². The summed E-state index contributed by atoms with van der Waals surface area (Å²) >= 11 is 0. The topological polar surface area (TPSA) is 75.4 Å². The van der Waals surface area contributed by atoms with Crippen molar-refractivity contribution in [2.75, 3.05) is 19.6 Å². The molecular weight excluding hydrogens is 316 g/mol. The molecule has 1 saturated carbocycles. The molecule has 1 aromatic carbocycles. The van der Waals surface area contributed by atoms with Gasteiger partial charge in [-0.3, -0.25) is 14.5 Å². The zero-order valence-corrected chi connectivity index (χ0v) is 13.6. The number of amides is 2. The average Bonchev–Trinajstić information content (AvgIpc) is 3.03. The predicted molar refractivity (Wildman–Crippen MR) is 86.1 cm³/mol. The highest BCUT2D eigenvalue weighted by Crippen LogP contribution is 2.23. The first-order chi connectivity index (χ1) is 11.5. The highest BCUT2D eigenvalue weighted by atomic mass is 19.1. The van der Waals surface area contributed by atoms with E-state index in [9.17, 15) is 18.4 Å². The highest BCUT2D eigenvalue weighted by Gasteiger charge is 2.25. The summed E-state index contributed by atoms with van der Waals surface area (Å²) in [4.78, 5) is 25.0. The van der Waals surface area contributed by atoms with Crippen LogP contribution in [0.15, 0.2) is 18.2 Å². The Morgan fingerprint density at radius 3 is 2.38 bits per heavy atom. The standard InChI is InChI=1S/C17H23F2N3O2/c18-14-6-3-7-15(19)13(14)8-9-21-17(24)11-22(10-16(20)23)12-4-1-2-5-12/h3,6-7,12H,1-2,4-5,8-11H2,(H2,20,23)(H,21,24). The van der Waals surface area contributed by atoms with E-state index >= 15 is 0 Å². The third kappa shape index (κ3) is 5.26. The van der Waals surface area contributed by atoms with Gasteiger partial charge in [-0.2, -0.15) is 0 Å². The lowest BCUT2D eigenvalue weighted by Crippen LogP contribution is -2.46. The number of hydrogen-bond donors (Lipinski definition) is 2. The minimum atomic E-state index is -0.620.